The number of sulfonamides is 1. The molecule has 0 amide bonds. The summed E-state index contributed by atoms with van der Waals surface area (Å²) in [6, 6.07) is 3.84. The molecular weight excluding hydrogens is 241 g/mol. The van der Waals surface area contributed by atoms with Crippen LogP contribution in [0.3, 0.4) is 0 Å². The monoisotopic (exact) mass is 251 g/mol. The minimum absolute atomic E-state index is 0.00577. The first-order valence-electron chi connectivity index (χ1n) is 4.36. The summed E-state index contributed by atoms with van der Waals surface area (Å²) < 4.78 is 37.3. The summed E-state index contributed by atoms with van der Waals surface area (Å²) in [5.41, 5.74) is 0.551. The lowest BCUT2D eigenvalue weighted by Crippen LogP contribution is -2.24. The van der Waals surface area contributed by atoms with E-state index >= 15 is 0 Å². The van der Waals surface area contributed by atoms with Crippen molar-refractivity contribution in [3.63, 3.8) is 0 Å². The molecule has 0 aromatic heterocycles. The van der Waals surface area contributed by atoms with Crippen molar-refractivity contribution in [2.45, 2.75) is 13.5 Å². The lowest BCUT2D eigenvalue weighted by Gasteiger charge is -2.06. The summed E-state index contributed by atoms with van der Waals surface area (Å²) in [5.74, 6) is -0.437. The van der Waals surface area contributed by atoms with E-state index in [-0.39, 0.29) is 17.3 Å². The highest BCUT2D eigenvalue weighted by molar-refractivity contribution is 7.89. The SMILES string of the molecule is CCS(=O)(=O)NCc1ccc(F)cc1Cl. The Morgan fingerprint density at radius 1 is 1.47 bits per heavy atom. The van der Waals surface area contributed by atoms with Gasteiger partial charge in [0.2, 0.25) is 10.0 Å². The van der Waals surface area contributed by atoms with Gasteiger partial charge in [-0.2, -0.15) is 0 Å². The van der Waals surface area contributed by atoms with Crippen LogP contribution in [0.5, 0.6) is 0 Å². The van der Waals surface area contributed by atoms with Crippen LogP contribution >= 0.6 is 11.6 Å². The third-order valence-corrected chi connectivity index (χ3v) is 3.57. The Bertz CT molecular complexity index is 447. The molecule has 0 aliphatic rings. The zero-order valence-corrected chi connectivity index (χ0v) is 9.70. The van der Waals surface area contributed by atoms with Crippen molar-refractivity contribution in [1.82, 2.24) is 4.72 Å². The summed E-state index contributed by atoms with van der Waals surface area (Å²) in [5, 5.41) is 0.216. The third-order valence-electron chi connectivity index (χ3n) is 1.88. The molecule has 6 heteroatoms. The zero-order valence-electron chi connectivity index (χ0n) is 8.13. The van der Waals surface area contributed by atoms with Gasteiger partial charge in [0, 0.05) is 11.6 Å². The van der Waals surface area contributed by atoms with E-state index in [2.05, 4.69) is 4.72 Å². The first-order valence-corrected chi connectivity index (χ1v) is 6.39. The maximum Gasteiger partial charge on any atom is 0.211 e. The Morgan fingerprint density at radius 2 is 2.13 bits per heavy atom. The molecule has 0 unspecified atom stereocenters. The quantitative estimate of drug-likeness (QED) is 0.889. The van der Waals surface area contributed by atoms with Gasteiger partial charge in [-0.05, 0) is 24.6 Å². The first-order chi connectivity index (χ1) is 6.94. The maximum atomic E-state index is 12.7. The van der Waals surface area contributed by atoms with Crippen LogP contribution in [0, 0.1) is 5.82 Å². The Kier molecular flexibility index (Phi) is 4.07. The Morgan fingerprint density at radius 3 is 2.67 bits per heavy atom. The second kappa shape index (κ2) is 4.92. The molecule has 0 bridgehead atoms. The largest absolute Gasteiger partial charge is 0.212 e. The topological polar surface area (TPSA) is 46.2 Å². The lowest BCUT2D eigenvalue weighted by atomic mass is 10.2. The number of hydrogen-bond acceptors (Lipinski definition) is 2. The second-order valence-electron chi connectivity index (χ2n) is 2.96. The second-order valence-corrected chi connectivity index (χ2v) is 5.46. The molecule has 1 rings (SSSR count). The highest BCUT2D eigenvalue weighted by Gasteiger charge is 2.08. The van der Waals surface area contributed by atoms with Crippen LogP contribution < -0.4 is 4.72 Å². The standard InChI is InChI=1S/C9H11ClFNO2S/c1-2-15(13,14)12-6-7-3-4-8(11)5-9(7)10/h3-5,12H,2,6H2,1H3. The molecule has 0 saturated heterocycles. The van der Waals surface area contributed by atoms with E-state index in [1.807, 2.05) is 0 Å². The van der Waals surface area contributed by atoms with Gasteiger partial charge >= 0.3 is 0 Å². The van der Waals surface area contributed by atoms with Gasteiger partial charge in [0.15, 0.2) is 0 Å². The van der Waals surface area contributed by atoms with Crippen molar-refractivity contribution in [1.29, 1.82) is 0 Å². The van der Waals surface area contributed by atoms with E-state index in [9.17, 15) is 12.8 Å². The van der Waals surface area contributed by atoms with Crippen molar-refractivity contribution in [2.75, 3.05) is 5.75 Å². The number of hydrogen-bond donors (Lipinski definition) is 1. The van der Waals surface area contributed by atoms with Gasteiger partial charge in [-0.1, -0.05) is 17.7 Å². The Labute approximate surface area is 93.3 Å². The summed E-state index contributed by atoms with van der Waals surface area (Å²) >= 11 is 5.73. The van der Waals surface area contributed by atoms with Crippen molar-refractivity contribution in [2.24, 2.45) is 0 Å². The molecule has 84 valence electrons. The van der Waals surface area contributed by atoms with Crippen LogP contribution in [0.15, 0.2) is 18.2 Å². The fraction of sp³-hybridized carbons (Fsp3) is 0.333. The van der Waals surface area contributed by atoms with Crippen LogP contribution in [0.1, 0.15) is 12.5 Å². The minimum atomic E-state index is -3.25. The molecule has 0 saturated carbocycles. The van der Waals surface area contributed by atoms with E-state index in [4.69, 9.17) is 11.6 Å². The molecule has 1 N–H and O–H groups in total. The van der Waals surface area contributed by atoms with E-state index < -0.39 is 15.8 Å². The van der Waals surface area contributed by atoms with Crippen LogP contribution in [0.25, 0.3) is 0 Å². The molecule has 0 radical (unpaired) electrons. The first kappa shape index (κ1) is 12.4. The summed E-state index contributed by atoms with van der Waals surface area (Å²) in [4.78, 5) is 0. The van der Waals surface area contributed by atoms with E-state index in [0.717, 1.165) is 6.07 Å². The normalized spacial score (nSPS) is 11.7. The molecule has 0 atom stereocenters. The Balaban J connectivity index is 2.74. The van der Waals surface area contributed by atoms with E-state index in [1.165, 1.54) is 19.1 Å². The highest BCUT2D eigenvalue weighted by atomic mass is 35.5. The summed E-state index contributed by atoms with van der Waals surface area (Å²) in [6.07, 6.45) is 0. The fourth-order valence-electron chi connectivity index (χ4n) is 0.955. The predicted octanol–water partition coefficient (Wildman–Crippen LogP) is 1.92. The van der Waals surface area contributed by atoms with Gasteiger partial charge in [0.25, 0.3) is 0 Å². The van der Waals surface area contributed by atoms with Crippen molar-refractivity contribution >= 4 is 21.6 Å². The number of rotatable bonds is 4. The predicted molar refractivity (Wildman–Crippen MR) is 57.7 cm³/mol. The van der Waals surface area contributed by atoms with Gasteiger partial charge in [-0.15, -0.1) is 0 Å². The molecule has 0 heterocycles. The van der Waals surface area contributed by atoms with Gasteiger partial charge in [0.05, 0.1) is 5.75 Å². The number of nitrogens with one attached hydrogen (secondary N) is 1. The average Bonchev–Trinajstić information content (AvgIpc) is 2.16. The minimum Gasteiger partial charge on any atom is -0.212 e. The van der Waals surface area contributed by atoms with Crippen LogP contribution in [-0.2, 0) is 16.6 Å². The third kappa shape index (κ3) is 3.77. The molecule has 1 aromatic carbocycles. The van der Waals surface area contributed by atoms with Gasteiger partial charge in [-0.25, -0.2) is 17.5 Å². The highest BCUT2D eigenvalue weighted by Crippen LogP contribution is 2.17. The van der Waals surface area contributed by atoms with Gasteiger partial charge < -0.3 is 0 Å². The van der Waals surface area contributed by atoms with Gasteiger partial charge in [-0.3, -0.25) is 0 Å². The summed E-state index contributed by atoms with van der Waals surface area (Å²) in [7, 11) is -3.25. The van der Waals surface area contributed by atoms with Crippen LogP contribution in [0.4, 0.5) is 4.39 Å². The molecule has 15 heavy (non-hydrogen) atoms. The molecule has 0 spiro atoms. The molecule has 0 aliphatic carbocycles. The Hall–Kier alpha value is -0.650. The molecule has 3 nitrogen and oxygen atoms in total. The maximum absolute atomic E-state index is 12.7. The fourth-order valence-corrected chi connectivity index (χ4v) is 1.77. The van der Waals surface area contributed by atoms with Crippen molar-refractivity contribution < 1.29 is 12.8 Å². The number of halogens is 2. The summed E-state index contributed by atoms with van der Waals surface area (Å²) in [6.45, 7) is 1.61. The lowest BCUT2D eigenvalue weighted by molar-refractivity contribution is 0.582. The van der Waals surface area contributed by atoms with Crippen LogP contribution in [0.2, 0.25) is 5.02 Å². The molecule has 0 aliphatic heterocycles. The van der Waals surface area contributed by atoms with E-state index in [1.54, 1.807) is 0 Å². The van der Waals surface area contributed by atoms with Crippen molar-refractivity contribution in [3.05, 3.63) is 34.6 Å². The van der Waals surface area contributed by atoms with Gasteiger partial charge in [0.1, 0.15) is 5.82 Å². The molecular formula is C9H11ClFNO2S. The smallest absolute Gasteiger partial charge is 0.211 e. The van der Waals surface area contributed by atoms with Crippen molar-refractivity contribution in [3.8, 4) is 0 Å². The van der Waals surface area contributed by atoms with E-state index in [0.29, 0.717) is 5.56 Å². The average molecular weight is 252 g/mol. The van der Waals surface area contributed by atoms with Crippen LogP contribution in [-0.4, -0.2) is 14.2 Å². The number of benzene rings is 1. The molecule has 1 aromatic rings. The molecule has 0 fully saturated rings. The zero-order chi connectivity index (χ0) is 11.5.